The maximum Gasteiger partial charge on any atom is 0.344 e. The number of hydrogen-bond donors (Lipinski definition) is 2. The van der Waals surface area contributed by atoms with Gasteiger partial charge in [0.15, 0.2) is 6.10 Å². The zero-order valence-corrected chi connectivity index (χ0v) is 16.1. The quantitative estimate of drug-likeness (QED) is 0.555. The highest BCUT2D eigenvalue weighted by Gasteiger charge is 2.16. The molecule has 0 bridgehead atoms. The fourth-order valence-corrected chi connectivity index (χ4v) is 2.63. The van der Waals surface area contributed by atoms with E-state index < -0.39 is 12.1 Å². The third-order valence-electron chi connectivity index (χ3n) is 4.20. The summed E-state index contributed by atoms with van der Waals surface area (Å²) in [5.41, 5.74) is 2.35. The van der Waals surface area contributed by atoms with Crippen LogP contribution in [-0.4, -0.2) is 36.9 Å². The first-order chi connectivity index (χ1) is 13.1. The van der Waals surface area contributed by atoms with E-state index in [9.17, 15) is 4.79 Å². The normalized spacial score (nSPS) is 11.8. The van der Waals surface area contributed by atoms with E-state index in [-0.39, 0.29) is 0 Å². The molecule has 0 aromatic heterocycles. The highest BCUT2D eigenvalue weighted by Crippen LogP contribution is 2.16. The van der Waals surface area contributed by atoms with Crippen LogP contribution in [0.15, 0.2) is 48.5 Å². The van der Waals surface area contributed by atoms with Gasteiger partial charge in [-0.2, -0.15) is 0 Å². The number of carbonyl (C=O) groups is 1. The van der Waals surface area contributed by atoms with Crippen LogP contribution in [-0.2, 0) is 11.2 Å². The zero-order chi connectivity index (χ0) is 19.5. The van der Waals surface area contributed by atoms with E-state index >= 15 is 0 Å². The molecule has 0 aliphatic rings. The highest BCUT2D eigenvalue weighted by molar-refractivity contribution is 5.72. The Hall–Kier alpha value is -2.53. The highest BCUT2D eigenvalue weighted by atomic mass is 16.5. The van der Waals surface area contributed by atoms with Gasteiger partial charge >= 0.3 is 5.97 Å². The van der Waals surface area contributed by atoms with E-state index in [1.807, 2.05) is 42.5 Å². The van der Waals surface area contributed by atoms with Gasteiger partial charge in [0.25, 0.3) is 0 Å². The van der Waals surface area contributed by atoms with Crippen molar-refractivity contribution in [2.24, 2.45) is 0 Å². The van der Waals surface area contributed by atoms with E-state index in [0.29, 0.717) is 18.8 Å². The smallest absolute Gasteiger partial charge is 0.344 e. The van der Waals surface area contributed by atoms with Gasteiger partial charge in [0.2, 0.25) is 0 Å². The molecule has 0 fully saturated rings. The number of carboxylic acid groups (broad SMARTS) is 1. The molecule has 0 saturated carbocycles. The topological polar surface area (TPSA) is 67.8 Å². The third kappa shape index (κ3) is 7.71. The largest absolute Gasteiger partial charge is 0.494 e. The van der Waals surface area contributed by atoms with Gasteiger partial charge in [-0.15, -0.1) is 0 Å². The second-order valence-electron chi connectivity index (χ2n) is 6.52. The predicted octanol–water partition coefficient (Wildman–Crippen LogP) is 3.84. The van der Waals surface area contributed by atoms with Crippen LogP contribution < -0.4 is 14.8 Å². The van der Waals surface area contributed by atoms with Crippen LogP contribution in [0.4, 0.5) is 0 Å². The number of ether oxygens (including phenoxy) is 2. The fraction of sp³-hybridized carbons (Fsp3) is 0.409. The third-order valence-corrected chi connectivity index (χ3v) is 4.20. The Kier molecular flexibility index (Phi) is 8.65. The van der Waals surface area contributed by atoms with Gasteiger partial charge in [0, 0.05) is 0 Å². The molecule has 0 radical (unpaired) electrons. The fourth-order valence-electron chi connectivity index (χ4n) is 2.63. The number of aliphatic carboxylic acids is 1. The van der Waals surface area contributed by atoms with Crippen LogP contribution in [0.25, 0.3) is 0 Å². The Labute approximate surface area is 161 Å². The van der Waals surface area contributed by atoms with E-state index in [2.05, 4.69) is 12.2 Å². The Morgan fingerprint density at radius 3 is 2.59 bits per heavy atom. The van der Waals surface area contributed by atoms with Crippen molar-refractivity contribution in [2.45, 2.75) is 39.2 Å². The summed E-state index contributed by atoms with van der Waals surface area (Å²) in [7, 11) is 0. The summed E-state index contributed by atoms with van der Waals surface area (Å²) in [5, 5.41) is 12.5. The minimum atomic E-state index is -0.933. The summed E-state index contributed by atoms with van der Waals surface area (Å²) in [4.78, 5) is 11.1. The molecule has 2 N–H and O–H groups in total. The minimum absolute atomic E-state index is 0.436. The Bertz CT molecular complexity index is 700. The summed E-state index contributed by atoms with van der Waals surface area (Å²) in [6.07, 6.45) is 1.44. The van der Waals surface area contributed by atoms with Gasteiger partial charge < -0.3 is 19.9 Å². The van der Waals surface area contributed by atoms with Gasteiger partial charge in [-0.3, -0.25) is 0 Å². The lowest BCUT2D eigenvalue weighted by Gasteiger charge is -2.14. The second kappa shape index (κ2) is 11.2. The van der Waals surface area contributed by atoms with Crippen LogP contribution in [0, 0.1) is 6.92 Å². The summed E-state index contributed by atoms with van der Waals surface area (Å²) < 4.78 is 11.2. The van der Waals surface area contributed by atoms with Crippen LogP contribution in [0.5, 0.6) is 11.5 Å². The van der Waals surface area contributed by atoms with E-state index in [1.54, 1.807) is 13.0 Å². The summed E-state index contributed by atoms with van der Waals surface area (Å²) >= 11 is 0. The first-order valence-electron chi connectivity index (χ1n) is 9.47. The molecule has 0 aliphatic heterocycles. The van der Waals surface area contributed by atoms with Crippen LogP contribution in [0.2, 0.25) is 0 Å². The van der Waals surface area contributed by atoms with Gasteiger partial charge in [0.05, 0.1) is 6.61 Å². The lowest BCUT2D eigenvalue weighted by atomic mass is 10.1. The lowest BCUT2D eigenvalue weighted by Crippen LogP contribution is -2.26. The molecule has 0 amide bonds. The van der Waals surface area contributed by atoms with Crippen molar-refractivity contribution in [2.75, 3.05) is 19.7 Å². The number of carboxylic acids is 1. The summed E-state index contributed by atoms with van der Waals surface area (Å²) in [5.74, 6) is 0.579. The average molecular weight is 371 g/mol. The predicted molar refractivity (Wildman–Crippen MR) is 107 cm³/mol. The molecule has 2 aromatic rings. The molecule has 0 spiro atoms. The molecule has 5 heteroatoms. The SMILES string of the molecule is CCC(Oc1cccc(CCNCCCOc2ccc(C)cc2)c1)C(=O)O. The molecule has 5 nitrogen and oxygen atoms in total. The first kappa shape index (κ1) is 20.8. The van der Waals surface area contributed by atoms with Gasteiger partial charge in [-0.1, -0.05) is 36.8 Å². The van der Waals surface area contributed by atoms with Gasteiger partial charge in [-0.05, 0) is 69.1 Å². The Morgan fingerprint density at radius 1 is 1.11 bits per heavy atom. The summed E-state index contributed by atoms with van der Waals surface area (Å²) in [6, 6.07) is 15.7. The van der Waals surface area contributed by atoms with E-state index in [4.69, 9.17) is 14.6 Å². The molecule has 0 saturated heterocycles. The number of hydrogen-bond acceptors (Lipinski definition) is 4. The number of benzene rings is 2. The maximum atomic E-state index is 11.1. The van der Waals surface area contributed by atoms with Crippen molar-refractivity contribution >= 4 is 5.97 Å². The molecule has 2 aromatic carbocycles. The minimum Gasteiger partial charge on any atom is -0.494 e. The van der Waals surface area contributed by atoms with Crippen LogP contribution in [0.3, 0.4) is 0 Å². The van der Waals surface area contributed by atoms with E-state index in [1.165, 1.54) is 5.56 Å². The Balaban J connectivity index is 1.63. The van der Waals surface area contributed by atoms with Crippen molar-refractivity contribution in [1.82, 2.24) is 5.32 Å². The number of rotatable bonds is 12. The van der Waals surface area contributed by atoms with E-state index in [0.717, 1.165) is 37.2 Å². The monoisotopic (exact) mass is 371 g/mol. The molecule has 0 heterocycles. The number of nitrogens with one attached hydrogen (secondary N) is 1. The molecule has 27 heavy (non-hydrogen) atoms. The second-order valence-corrected chi connectivity index (χ2v) is 6.52. The van der Waals surface area contributed by atoms with Crippen molar-refractivity contribution in [1.29, 1.82) is 0 Å². The lowest BCUT2D eigenvalue weighted by molar-refractivity contribution is -0.145. The molecular formula is C22H29NO4. The first-order valence-corrected chi connectivity index (χ1v) is 9.47. The average Bonchev–Trinajstić information content (AvgIpc) is 2.67. The molecular weight excluding hydrogens is 342 g/mol. The number of aryl methyl sites for hydroxylation is 1. The van der Waals surface area contributed by atoms with Crippen LogP contribution in [0.1, 0.15) is 30.9 Å². The molecule has 1 unspecified atom stereocenters. The van der Waals surface area contributed by atoms with Crippen LogP contribution >= 0.6 is 0 Å². The van der Waals surface area contributed by atoms with Crippen molar-refractivity contribution in [3.05, 3.63) is 59.7 Å². The van der Waals surface area contributed by atoms with Gasteiger partial charge in [0.1, 0.15) is 11.5 Å². The molecule has 1 atom stereocenters. The van der Waals surface area contributed by atoms with Crippen molar-refractivity contribution < 1.29 is 19.4 Å². The van der Waals surface area contributed by atoms with Crippen molar-refractivity contribution in [3.63, 3.8) is 0 Å². The zero-order valence-electron chi connectivity index (χ0n) is 16.1. The maximum absolute atomic E-state index is 11.1. The standard InChI is InChI=1S/C22H29NO4/c1-3-21(22(24)25)27-20-7-4-6-18(16-20)12-14-23-13-5-15-26-19-10-8-17(2)9-11-19/h4,6-11,16,21,23H,3,5,12-15H2,1-2H3,(H,24,25). The Morgan fingerprint density at radius 2 is 1.89 bits per heavy atom. The van der Waals surface area contributed by atoms with Gasteiger partial charge in [-0.25, -0.2) is 4.79 Å². The van der Waals surface area contributed by atoms with Crippen molar-refractivity contribution in [3.8, 4) is 11.5 Å². The molecule has 0 aliphatic carbocycles. The summed E-state index contributed by atoms with van der Waals surface area (Å²) in [6.45, 7) is 6.29. The molecule has 146 valence electrons. The molecule has 2 rings (SSSR count).